The number of ether oxygens (including phenoxy) is 1. The minimum absolute atomic E-state index is 0.490. The summed E-state index contributed by atoms with van der Waals surface area (Å²) < 4.78 is 5.18. The molecule has 0 aliphatic carbocycles. The molecule has 0 spiro atoms. The number of aryl methyl sites for hydroxylation is 1. The number of rotatable bonds is 2. The van der Waals surface area contributed by atoms with Crippen molar-refractivity contribution < 1.29 is 9.53 Å². The number of hydrogen-bond donors (Lipinski definition) is 0. The van der Waals surface area contributed by atoms with Gasteiger partial charge < -0.3 is 4.74 Å². The van der Waals surface area contributed by atoms with Crippen LogP contribution in [0.5, 0.6) is 5.75 Å². The van der Waals surface area contributed by atoms with E-state index in [0.717, 1.165) is 22.4 Å². The molecule has 0 unspecified atom stereocenters. The second-order valence-electron chi connectivity index (χ2n) is 3.46. The molecule has 0 bridgehead atoms. The summed E-state index contributed by atoms with van der Waals surface area (Å²) in [6.07, 6.45) is 0. The quantitative estimate of drug-likeness (QED) is 0.547. The Bertz CT molecular complexity index is 456. The van der Waals surface area contributed by atoms with Crippen LogP contribution in [0.2, 0.25) is 0 Å². The van der Waals surface area contributed by atoms with Gasteiger partial charge in [0.25, 0.3) is 5.78 Å². The van der Waals surface area contributed by atoms with Gasteiger partial charge in [-0.05, 0) is 43.5 Å². The molecule has 3 nitrogen and oxygen atoms in total. The highest BCUT2D eigenvalue weighted by Gasteiger charge is 2.16. The molecule has 0 N–H and O–H groups in total. The molecule has 1 rings (SSSR count). The number of carbonyl (C=O) groups excluding carboxylic acids is 1. The summed E-state index contributed by atoms with van der Waals surface area (Å²) in [5, 5.41) is 8.62. The van der Waals surface area contributed by atoms with Gasteiger partial charge >= 0.3 is 0 Å². The van der Waals surface area contributed by atoms with E-state index in [1.807, 2.05) is 13.8 Å². The minimum Gasteiger partial charge on any atom is -0.496 e. The van der Waals surface area contributed by atoms with E-state index in [1.165, 1.54) is 0 Å². The highest BCUT2D eigenvalue weighted by Crippen LogP contribution is 2.27. The lowest BCUT2D eigenvalue weighted by Crippen LogP contribution is -2.05. The fraction of sp³-hybridized carbons (Fsp3) is 0.333. The topological polar surface area (TPSA) is 50.1 Å². The highest BCUT2D eigenvalue weighted by molar-refractivity contribution is 6.09. The monoisotopic (exact) mass is 203 g/mol. The van der Waals surface area contributed by atoms with Crippen molar-refractivity contribution >= 4 is 5.78 Å². The van der Waals surface area contributed by atoms with Crippen molar-refractivity contribution in [1.82, 2.24) is 0 Å². The van der Waals surface area contributed by atoms with Crippen molar-refractivity contribution in [1.29, 1.82) is 5.26 Å². The average Bonchev–Trinajstić information content (AvgIpc) is 2.23. The molecule has 1 aromatic carbocycles. The normalized spacial score (nSPS) is 9.53. The molecule has 1 aromatic rings. The largest absolute Gasteiger partial charge is 0.496 e. The van der Waals surface area contributed by atoms with Crippen molar-refractivity contribution in [2.24, 2.45) is 0 Å². The second-order valence-corrected chi connectivity index (χ2v) is 3.46. The Morgan fingerprint density at radius 3 is 2.40 bits per heavy atom. The smallest absolute Gasteiger partial charge is 0.262 e. The van der Waals surface area contributed by atoms with Crippen LogP contribution in [0.15, 0.2) is 6.07 Å². The van der Waals surface area contributed by atoms with Crippen LogP contribution in [0.25, 0.3) is 0 Å². The molecule has 0 aromatic heterocycles. The Labute approximate surface area is 89.3 Å². The Hall–Kier alpha value is -1.82. The number of Topliss-reactive ketones (excluding diaryl/α,β-unsaturated/α-hetero) is 1. The SMILES string of the molecule is COc1cc(C)c(C(=O)C#N)c(C)c1C. The first kappa shape index (κ1) is 11.3. The van der Waals surface area contributed by atoms with E-state index in [4.69, 9.17) is 10.00 Å². The molecule has 0 amide bonds. The van der Waals surface area contributed by atoms with Gasteiger partial charge in [-0.1, -0.05) is 0 Å². The Morgan fingerprint density at radius 2 is 1.93 bits per heavy atom. The number of nitrogens with zero attached hydrogens (tertiary/aromatic N) is 1. The van der Waals surface area contributed by atoms with Gasteiger partial charge in [0.1, 0.15) is 11.8 Å². The fourth-order valence-corrected chi connectivity index (χ4v) is 1.66. The third-order valence-corrected chi connectivity index (χ3v) is 2.60. The Balaban J connectivity index is 3.51. The maximum atomic E-state index is 11.4. The van der Waals surface area contributed by atoms with Gasteiger partial charge in [0, 0.05) is 5.56 Å². The molecule has 0 heterocycles. The van der Waals surface area contributed by atoms with E-state index in [2.05, 4.69) is 0 Å². The number of ketones is 1. The zero-order valence-electron chi connectivity index (χ0n) is 9.34. The van der Waals surface area contributed by atoms with Crippen molar-refractivity contribution in [3.05, 3.63) is 28.3 Å². The van der Waals surface area contributed by atoms with Crippen molar-refractivity contribution in [3.63, 3.8) is 0 Å². The lowest BCUT2D eigenvalue weighted by Gasteiger charge is -2.12. The predicted molar refractivity (Wildman–Crippen MR) is 57.1 cm³/mol. The van der Waals surface area contributed by atoms with Crippen LogP contribution in [-0.2, 0) is 0 Å². The summed E-state index contributed by atoms with van der Waals surface area (Å²) in [6.45, 7) is 5.51. The van der Waals surface area contributed by atoms with E-state index in [0.29, 0.717) is 5.56 Å². The molecule has 0 saturated carbocycles. The van der Waals surface area contributed by atoms with Crippen LogP contribution >= 0.6 is 0 Å². The first-order chi connectivity index (χ1) is 7.02. The van der Waals surface area contributed by atoms with Crippen molar-refractivity contribution in [2.45, 2.75) is 20.8 Å². The molecule has 0 aliphatic heterocycles. The molecule has 0 atom stereocenters. The van der Waals surface area contributed by atoms with E-state index < -0.39 is 5.78 Å². The van der Waals surface area contributed by atoms with E-state index in [-0.39, 0.29) is 0 Å². The van der Waals surface area contributed by atoms with Crippen LogP contribution in [0.1, 0.15) is 27.0 Å². The first-order valence-electron chi connectivity index (χ1n) is 4.62. The van der Waals surface area contributed by atoms with Gasteiger partial charge in [0.2, 0.25) is 0 Å². The summed E-state index contributed by atoms with van der Waals surface area (Å²) in [5.74, 6) is 0.259. The fourth-order valence-electron chi connectivity index (χ4n) is 1.66. The molecule has 0 saturated heterocycles. The number of carbonyl (C=O) groups is 1. The van der Waals surface area contributed by atoms with Crippen molar-refractivity contribution in [2.75, 3.05) is 7.11 Å². The van der Waals surface area contributed by atoms with E-state index in [1.54, 1.807) is 26.2 Å². The summed E-state index contributed by atoms with van der Waals surface area (Å²) in [6, 6.07) is 3.43. The highest BCUT2D eigenvalue weighted by atomic mass is 16.5. The molecule has 0 radical (unpaired) electrons. The maximum Gasteiger partial charge on any atom is 0.262 e. The van der Waals surface area contributed by atoms with Gasteiger partial charge in [-0.25, -0.2) is 0 Å². The standard InChI is InChI=1S/C12H13NO2/c1-7-5-11(15-4)8(2)9(3)12(7)10(14)6-13/h5H,1-4H3. The molecule has 0 aliphatic rings. The zero-order valence-corrected chi connectivity index (χ0v) is 9.34. The molecular formula is C12H13NO2. The second kappa shape index (κ2) is 4.14. The number of methoxy groups -OCH3 is 1. The lowest BCUT2D eigenvalue weighted by molar-refractivity contribution is 0.105. The van der Waals surface area contributed by atoms with Gasteiger partial charge in [-0.15, -0.1) is 0 Å². The Kier molecular flexibility index (Phi) is 3.11. The van der Waals surface area contributed by atoms with Gasteiger partial charge in [0.15, 0.2) is 0 Å². The van der Waals surface area contributed by atoms with Crippen LogP contribution in [0.4, 0.5) is 0 Å². The van der Waals surface area contributed by atoms with Crippen molar-refractivity contribution in [3.8, 4) is 11.8 Å². The number of benzene rings is 1. The number of nitriles is 1. The summed E-state index contributed by atoms with van der Waals surface area (Å²) >= 11 is 0. The molecular weight excluding hydrogens is 190 g/mol. The average molecular weight is 203 g/mol. The molecule has 78 valence electrons. The van der Waals surface area contributed by atoms with Crippen LogP contribution in [0, 0.1) is 32.1 Å². The van der Waals surface area contributed by atoms with Crippen LogP contribution in [0.3, 0.4) is 0 Å². The molecule has 15 heavy (non-hydrogen) atoms. The third-order valence-electron chi connectivity index (χ3n) is 2.60. The van der Waals surface area contributed by atoms with E-state index >= 15 is 0 Å². The maximum absolute atomic E-state index is 11.4. The lowest BCUT2D eigenvalue weighted by atomic mass is 9.95. The summed E-state index contributed by atoms with van der Waals surface area (Å²) in [7, 11) is 1.59. The molecule has 3 heteroatoms. The first-order valence-corrected chi connectivity index (χ1v) is 4.62. The van der Waals surface area contributed by atoms with Gasteiger partial charge in [0.05, 0.1) is 7.11 Å². The third kappa shape index (κ3) is 1.84. The number of hydrogen-bond acceptors (Lipinski definition) is 3. The molecule has 0 fully saturated rings. The predicted octanol–water partition coefficient (Wildman–Crippen LogP) is 2.33. The van der Waals surface area contributed by atoms with Crippen LogP contribution < -0.4 is 4.74 Å². The summed E-state index contributed by atoms with van der Waals surface area (Å²) in [4.78, 5) is 11.4. The minimum atomic E-state index is -0.490. The summed E-state index contributed by atoms with van der Waals surface area (Å²) in [5.41, 5.74) is 3.00. The van der Waals surface area contributed by atoms with Crippen LogP contribution in [-0.4, -0.2) is 12.9 Å². The van der Waals surface area contributed by atoms with Gasteiger partial charge in [-0.2, -0.15) is 5.26 Å². The van der Waals surface area contributed by atoms with E-state index in [9.17, 15) is 4.79 Å². The zero-order chi connectivity index (χ0) is 11.6. The Morgan fingerprint density at radius 1 is 1.33 bits per heavy atom. The van der Waals surface area contributed by atoms with Gasteiger partial charge in [-0.3, -0.25) is 4.79 Å².